The quantitative estimate of drug-likeness (QED) is 0.742. The molecule has 0 aliphatic heterocycles. The van der Waals surface area contributed by atoms with Gasteiger partial charge in [-0.2, -0.15) is 0 Å². The lowest BCUT2D eigenvalue weighted by Gasteiger charge is -2.32. The first kappa shape index (κ1) is 14.6. The molecular weight excluding hydrogens is 248 g/mol. The highest BCUT2D eigenvalue weighted by molar-refractivity contribution is 5.66. The smallest absolute Gasteiger partial charge is 0.303 e. The molecule has 0 aromatic heterocycles. The third-order valence-corrected chi connectivity index (χ3v) is 4.01. The minimum absolute atomic E-state index is 0.0965. The van der Waals surface area contributed by atoms with Crippen LogP contribution < -0.4 is 0 Å². The van der Waals surface area contributed by atoms with E-state index in [1.807, 2.05) is 6.07 Å². The number of hydrogen-bond acceptors (Lipinski definition) is 1. The third-order valence-electron chi connectivity index (χ3n) is 4.01. The first-order chi connectivity index (χ1) is 9.73. The Morgan fingerprint density at radius 2 is 1.90 bits per heavy atom. The fourth-order valence-corrected chi connectivity index (χ4v) is 2.87. The molecule has 1 N–H and O–H groups in total. The number of allylic oxidation sites excluding steroid dienone is 4. The second-order valence-electron chi connectivity index (χ2n) is 5.47. The summed E-state index contributed by atoms with van der Waals surface area (Å²) in [6.45, 7) is 0. The molecule has 1 unspecified atom stereocenters. The number of hydrogen-bond donors (Lipinski definition) is 1. The Labute approximate surface area is 120 Å². The molecule has 0 radical (unpaired) electrons. The number of carboxylic acid groups (broad SMARTS) is 1. The molecule has 2 rings (SSSR count). The summed E-state index contributed by atoms with van der Waals surface area (Å²) in [6, 6.07) is 10.6. The van der Waals surface area contributed by atoms with Crippen LogP contribution in [0.25, 0.3) is 0 Å². The van der Waals surface area contributed by atoms with E-state index in [0.29, 0.717) is 0 Å². The topological polar surface area (TPSA) is 37.3 Å². The van der Waals surface area contributed by atoms with Crippen LogP contribution in [-0.2, 0) is 10.2 Å². The maximum Gasteiger partial charge on any atom is 0.303 e. The Hall–Kier alpha value is -1.83. The third kappa shape index (κ3) is 3.83. The molecule has 0 fully saturated rings. The van der Waals surface area contributed by atoms with E-state index in [4.69, 9.17) is 5.11 Å². The van der Waals surface area contributed by atoms with Gasteiger partial charge in [0, 0.05) is 11.8 Å². The van der Waals surface area contributed by atoms with Crippen LogP contribution in [0.2, 0.25) is 0 Å². The number of carbonyl (C=O) groups is 1. The Morgan fingerprint density at radius 1 is 1.10 bits per heavy atom. The van der Waals surface area contributed by atoms with Crippen molar-refractivity contribution >= 4 is 5.97 Å². The van der Waals surface area contributed by atoms with Gasteiger partial charge in [0.05, 0.1) is 0 Å². The van der Waals surface area contributed by atoms with Gasteiger partial charge in [0.15, 0.2) is 0 Å². The van der Waals surface area contributed by atoms with E-state index in [-0.39, 0.29) is 11.8 Å². The van der Waals surface area contributed by atoms with E-state index in [1.165, 1.54) is 5.56 Å². The standard InChI is InChI=1S/C18H22O2/c19-17(20)12-6-2-7-13-18(14-8-3-9-15-18)16-10-4-1-5-11-16/h1,3-5,8-11,14H,2,6-7,12-13,15H2,(H,19,20). The molecule has 20 heavy (non-hydrogen) atoms. The normalized spacial score (nSPS) is 21.0. The minimum atomic E-state index is -0.691. The van der Waals surface area contributed by atoms with Crippen molar-refractivity contribution in [3.8, 4) is 0 Å². The molecule has 106 valence electrons. The van der Waals surface area contributed by atoms with Crippen molar-refractivity contribution < 1.29 is 9.90 Å². The van der Waals surface area contributed by atoms with Crippen molar-refractivity contribution in [2.45, 2.75) is 43.9 Å². The first-order valence-electron chi connectivity index (χ1n) is 7.35. The van der Waals surface area contributed by atoms with Gasteiger partial charge in [-0.25, -0.2) is 0 Å². The summed E-state index contributed by atoms with van der Waals surface area (Å²) in [5, 5.41) is 8.67. The van der Waals surface area contributed by atoms with Crippen LogP contribution in [0, 0.1) is 0 Å². The van der Waals surface area contributed by atoms with Gasteiger partial charge in [0.25, 0.3) is 0 Å². The Kier molecular flexibility index (Phi) is 5.16. The molecule has 0 heterocycles. The fourth-order valence-electron chi connectivity index (χ4n) is 2.87. The monoisotopic (exact) mass is 270 g/mol. The number of benzene rings is 1. The number of unbranched alkanes of at least 4 members (excludes halogenated alkanes) is 2. The highest BCUT2D eigenvalue weighted by Crippen LogP contribution is 2.37. The maximum atomic E-state index is 10.5. The van der Waals surface area contributed by atoms with Crippen molar-refractivity contribution in [1.82, 2.24) is 0 Å². The van der Waals surface area contributed by atoms with Gasteiger partial charge in [-0.15, -0.1) is 0 Å². The molecular formula is C18H22O2. The van der Waals surface area contributed by atoms with Crippen molar-refractivity contribution in [2.75, 3.05) is 0 Å². The van der Waals surface area contributed by atoms with Crippen LogP contribution in [0.1, 0.15) is 44.1 Å². The molecule has 0 bridgehead atoms. The lowest BCUT2D eigenvalue weighted by Crippen LogP contribution is -2.24. The van der Waals surface area contributed by atoms with Crippen LogP contribution in [0.15, 0.2) is 54.6 Å². The van der Waals surface area contributed by atoms with Crippen molar-refractivity contribution in [3.05, 3.63) is 60.2 Å². The molecule has 2 nitrogen and oxygen atoms in total. The number of aliphatic carboxylic acids is 1. The molecule has 1 aliphatic carbocycles. The Morgan fingerprint density at radius 3 is 2.55 bits per heavy atom. The number of carboxylic acids is 1. The van der Waals surface area contributed by atoms with Crippen LogP contribution in [0.3, 0.4) is 0 Å². The summed E-state index contributed by atoms with van der Waals surface area (Å²) < 4.78 is 0. The summed E-state index contributed by atoms with van der Waals surface area (Å²) in [6.07, 6.45) is 14.0. The molecule has 0 saturated heterocycles. The zero-order valence-corrected chi connectivity index (χ0v) is 11.8. The molecule has 0 amide bonds. The second-order valence-corrected chi connectivity index (χ2v) is 5.47. The van der Waals surface area contributed by atoms with Gasteiger partial charge in [-0.05, 0) is 24.8 Å². The van der Waals surface area contributed by atoms with Crippen molar-refractivity contribution in [1.29, 1.82) is 0 Å². The highest BCUT2D eigenvalue weighted by Gasteiger charge is 2.28. The summed E-state index contributed by atoms with van der Waals surface area (Å²) in [4.78, 5) is 10.5. The molecule has 1 aromatic rings. The predicted molar refractivity (Wildman–Crippen MR) is 81.7 cm³/mol. The lowest BCUT2D eigenvalue weighted by molar-refractivity contribution is -0.137. The summed E-state index contributed by atoms with van der Waals surface area (Å²) in [5.41, 5.74) is 1.46. The van der Waals surface area contributed by atoms with Gasteiger partial charge in [-0.1, -0.05) is 67.5 Å². The van der Waals surface area contributed by atoms with Crippen LogP contribution in [0.4, 0.5) is 0 Å². The average Bonchev–Trinajstić information content (AvgIpc) is 2.48. The Bertz CT molecular complexity index is 487. The van der Waals surface area contributed by atoms with Gasteiger partial charge >= 0.3 is 5.97 Å². The second kappa shape index (κ2) is 7.09. The molecule has 1 atom stereocenters. The number of rotatable bonds is 7. The summed E-state index contributed by atoms with van der Waals surface area (Å²) >= 11 is 0. The average molecular weight is 270 g/mol. The van der Waals surface area contributed by atoms with Gasteiger partial charge in [0.2, 0.25) is 0 Å². The zero-order chi connectivity index (χ0) is 14.3. The van der Waals surface area contributed by atoms with E-state index in [9.17, 15) is 4.79 Å². The Balaban J connectivity index is 1.97. The van der Waals surface area contributed by atoms with Gasteiger partial charge < -0.3 is 5.11 Å². The largest absolute Gasteiger partial charge is 0.481 e. The summed E-state index contributed by atoms with van der Waals surface area (Å²) in [7, 11) is 0. The van der Waals surface area contributed by atoms with E-state index in [0.717, 1.165) is 32.1 Å². The maximum absolute atomic E-state index is 10.5. The van der Waals surface area contributed by atoms with Crippen LogP contribution in [-0.4, -0.2) is 11.1 Å². The molecule has 1 aliphatic rings. The SMILES string of the molecule is O=C(O)CCCCCC1(c2ccccc2)C=CC=CC1. The van der Waals surface area contributed by atoms with Crippen LogP contribution in [0.5, 0.6) is 0 Å². The lowest BCUT2D eigenvalue weighted by atomic mass is 9.72. The molecule has 1 aromatic carbocycles. The molecule has 0 saturated carbocycles. The van der Waals surface area contributed by atoms with Gasteiger partial charge in [-0.3, -0.25) is 4.79 Å². The van der Waals surface area contributed by atoms with E-state index >= 15 is 0 Å². The fraction of sp³-hybridized carbons (Fsp3) is 0.389. The van der Waals surface area contributed by atoms with E-state index in [1.54, 1.807) is 0 Å². The van der Waals surface area contributed by atoms with Crippen LogP contribution >= 0.6 is 0 Å². The van der Waals surface area contributed by atoms with Gasteiger partial charge in [0.1, 0.15) is 0 Å². The predicted octanol–water partition coefficient (Wildman–Crippen LogP) is 4.48. The molecule has 2 heteroatoms. The van der Waals surface area contributed by atoms with Crippen molar-refractivity contribution in [3.63, 3.8) is 0 Å². The van der Waals surface area contributed by atoms with Crippen molar-refractivity contribution in [2.24, 2.45) is 0 Å². The molecule has 0 spiro atoms. The highest BCUT2D eigenvalue weighted by atomic mass is 16.4. The first-order valence-corrected chi connectivity index (χ1v) is 7.35. The summed E-state index contributed by atoms with van der Waals surface area (Å²) in [5.74, 6) is -0.691. The van der Waals surface area contributed by atoms with E-state index < -0.39 is 5.97 Å². The van der Waals surface area contributed by atoms with E-state index in [2.05, 4.69) is 48.6 Å². The zero-order valence-electron chi connectivity index (χ0n) is 11.8. The minimum Gasteiger partial charge on any atom is -0.481 e.